The molecule has 0 saturated carbocycles. The van der Waals surface area contributed by atoms with Gasteiger partial charge in [0.2, 0.25) is 0 Å². The van der Waals surface area contributed by atoms with Gasteiger partial charge in [-0.15, -0.1) is 0 Å². The molecule has 2 rings (SSSR count). The molecule has 14 heavy (non-hydrogen) atoms. The molecular formula is C11H17NOS. The topological polar surface area (TPSA) is 22.1 Å². The van der Waals surface area contributed by atoms with Crippen LogP contribution >= 0.6 is 11.5 Å². The molecule has 78 valence electrons. The second kappa shape index (κ2) is 3.31. The maximum Gasteiger partial charge on any atom is 0.0955 e. The summed E-state index contributed by atoms with van der Waals surface area (Å²) in [6.45, 7) is 9.58. The summed E-state index contributed by atoms with van der Waals surface area (Å²) in [6.07, 6.45) is 0.974. The second-order valence-corrected chi connectivity index (χ2v) is 5.40. The Labute approximate surface area is 89.5 Å². The van der Waals surface area contributed by atoms with Crippen molar-refractivity contribution in [1.29, 1.82) is 0 Å². The van der Waals surface area contributed by atoms with Crippen LogP contribution < -0.4 is 0 Å². The highest BCUT2D eigenvalue weighted by Gasteiger charge is 2.39. The van der Waals surface area contributed by atoms with E-state index in [2.05, 4.69) is 32.1 Å². The van der Waals surface area contributed by atoms with E-state index in [-0.39, 0.29) is 5.60 Å². The van der Waals surface area contributed by atoms with Gasteiger partial charge in [0.05, 0.1) is 17.9 Å². The third-order valence-electron chi connectivity index (χ3n) is 3.27. The fourth-order valence-electron chi connectivity index (χ4n) is 2.11. The summed E-state index contributed by atoms with van der Waals surface area (Å²) in [5, 5.41) is 0. The Morgan fingerprint density at radius 1 is 1.50 bits per heavy atom. The molecule has 1 aromatic heterocycles. The van der Waals surface area contributed by atoms with Gasteiger partial charge >= 0.3 is 0 Å². The molecule has 1 unspecified atom stereocenters. The zero-order valence-electron chi connectivity index (χ0n) is 9.26. The average molecular weight is 211 g/mol. The predicted octanol–water partition coefficient (Wildman–Crippen LogP) is 2.90. The van der Waals surface area contributed by atoms with E-state index >= 15 is 0 Å². The maximum atomic E-state index is 5.96. The van der Waals surface area contributed by atoms with Gasteiger partial charge < -0.3 is 4.74 Å². The second-order valence-electron chi connectivity index (χ2n) is 4.42. The van der Waals surface area contributed by atoms with Crippen LogP contribution in [0, 0.1) is 12.8 Å². The Morgan fingerprint density at radius 2 is 2.21 bits per heavy atom. The van der Waals surface area contributed by atoms with Gasteiger partial charge in [-0.1, -0.05) is 13.8 Å². The Balaban J connectivity index is 2.53. The standard InChI is InChI=1S/C11H17NOS/c1-7(2)11(4)10-8(3)14-12-9(10)5-6-13-11/h7H,5-6H2,1-4H3. The summed E-state index contributed by atoms with van der Waals surface area (Å²) in [5.41, 5.74) is 2.49. The third kappa shape index (κ3) is 1.30. The van der Waals surface area contributed by atoms with Crippen molar-refractivity contribution >= 4 is 11.5 Å². The fourth-order valence-corrected chi connectivity index (χ4v) is 2.95. The highest BCUT2D eigenvalue weighted by Crippen LogP contribution is 2.41. The zero-order chi connectivity index (χ0) is 10.3. The van der Waals surface area contributed by atoms with Gasteiger partial charge in [-0.25, -0.2) is 0 Å². The van der Waals surface area contributed by atoms with E-state index in [1.165, 1.54) is 16.1 Å². The van der Waals surface area contributed by atoms with E-state index in [9.17, 15) is 0 Å². The molecule has 1 aliphatic heterocycles. The number of rotatable bonds is 1. The van der Waals surface area contributed by atoms with Gasteiger partial charge in [0.15, 0.2) is 0 Å². The highest BCUT2D eigenvalue weighted by molar-refractivity contribution is 7.05. The molecule has 1 aromatic rings. The van der Waals surface area contributed by atoms with Crippen molar-refractivity contribution in [2.75, 3.05) is 6.61 Å². The summed E-state index contributed by atoms with van der Waals surface area (Å²) < 4.78 is 10.5. The van der Waals surface area contributed by atoms with Crippen molar-refractivity contribution in [2.45, 2.75) is 39.7 Å². The molecule has 1 aliphatic rings. The lowest BCUT2D eigenvalue weighted by Crippen LogP contribution is -2.37. The van der Waals surface area contributed by atoms with Crippen LogP contribution in [0.15, 0.2) is 0 Å². The van der Waals surface area contributed by atoms with Crippen molar-refractivity contribution in [2.24, 2.45) is 5.92 Å². The molecule has 0 amide bonds. The number of hydrogen-bond acceptors (Lipinski definition) is 3. The van der Waals surface area contributed by atoms with E-state index < -0.39 is 0 Å². The molecule has 0 aromatic carbocycles. The summed E-state index contributed by atoms with van der Waals surface area (Å²) in [6, 6.07) is 0. The minimum absolute atomic E-state index is 0.120. The van der Waals surface area contributed by atoms with Gasteiger partial charge in [0, 0.05) is 16.9 Å². The summed E-state index contributed by atoms with van der Waals surface area (Å²) in [7, 11) is 0. The smallest absolute Gasteiger partial charge is 0.0955 e. The van der Waals surface area contributed by atoms with Crippen LogP contribution in [0.4, 0.5) is 0 Å². The van der Waals surface area contributed by atoms with Crippen LogP contribution in [0.25, 0.3) is 0 Å². The quantitative estimate of drug-likeness (QED) is 0.712. The van der Waals surface area contributed by atoms with Crippen molar-refractivity contribution < 1.29 is 4.74 Å². The molecule has 1 atom stereocenters. The van der Waals surface area contributed by atoms with Crippen LogP contribution in [0.1, 0.15) is 36.9 Å². The van der Waals surface area contributed by atoms with Crippen LogP contribution in [0.5, 0.6) is 0 Å². The fraction of sp³-hybridized carbons (Fsp3) is 0.727. The number of nitrogens with zero attached hydrogens (tertiary/aromatic N) is 1. The first-order valence-electron chi connectivity index (χ1n) is 5.15. The van der Waals surface area contributed by atoms with Gasteiger partial charge in [-0.3, -0.25) is 0 Å². The Hall–Kier alpha value is -0.410. The number of aromatic nitrogens is 1. The molecule has 0 bridgehead atoms. The molecule has 0 saturated heterocycles. The van der Waals surface area contributed by atoms with E-state index in [1.54, 1.807) is 11.5 Å². The first-order chi connectivity index (χ1) is 6.55. The van der Waals surface area contributed by atoms with E-state index in [1.807, 2.05) is 0 Å². The predicted molar refractivity (Wildman–Crippen MR) is 58.7 cm³/mol. The number of aryl methyl sites for hydroxylation is 1. The maximum absolute atomic E-state index is 5.96. The van der Waals surface area contributed by atoms with Crippen molar-refractivity contribution in [3.8, 4) is 0 Å². The number of ether oxygens (including phenoxy) is 1. The van der Waals surface area contributed by atoms with Gasteiger partial charge in [0.1, 0.15) is 0 Å². The summed E-state index contributed by atoms with van der Waals surface area (Å²) in [4.78, 5) is 1.32. The van der Waals surface area contributed by atoms with Gasteiger partial charge in [-0.2, -0.15) is 4.37 Å². The van der Waals surface area contributed by atoms with Crippen molar-refractivity contribution in [3.63, 3.8) is 0 Å². The van der Waals surface area contributed by atoms with Crippen molar-refractivity contribution in [1.82, 2.24) is 4.37 Å². The molecular weight excluding hydrogens is 194 g/mol. The largest absolute Gasteiger partial charge is 0.370 e. The Morgan fingerprint density at radius 3 is 2.86 bits per heavy atom. The van der Waals surface area contributed by atoms with Crippen LogP contribution in [-0.4, -0.2) is 11.0 Å². The first-order valence-corrected chi connectivity index (χ1v) is 5.92. The molecule has 0 fully saturated rings. The van der Waals surface area contributed by atoms with Crippen LogP contribution in [0.3, 0.4) is 0 Å². The molecule has 2 nitrogen and oxygen atoms in total. The Kier molecular flexibility index (Phi) is 2.40. The Bertz CT molecular complexity index is 345. The molecule has 0 N–H and O–H groups in total. The third-order valence-corrected chi connectivity index (χ3v) is 4.06. The lowest BCUT2D eigenvalue weighted by atomic mass is 9.82. The number of fused-ring (bicyclic) bond motifs is 1. The van der Waals surface area contributed by atoms with E-state index in [0.29, 0.717) is 5.92 Å². The van der Waals surface area contributed by atoms with Gasteiger partial charge in [0.25, 0.3) is 0 Å². The number of hydrogen-bond donors (Lipinski definition) is 0. The van der Waals surface area contributed by atoms with Crippen molar-refractivity contribution in [3.05, 3.63) is 16.1 Å². The molecule has 0 aliphatic carbocycles. The molecule has 0 spiro atoms. The minimum atomic E-state index is -0.120. The average Bonchev–Trinajstić information content (AvgIpc) is 2.49. The SMILES string of the molecule is Cc1snc2c1C(C)(C(C)C)OCC2. The highest BCUT2D eigenvalue weighted by atomic mass is 32.1. The summed E-state index contributed by atoms with van der Waals surface area (Å²) >= 11 is 1.61. The molecule has 0 radical (unpaired) electrons. The van der Waals surface area contributed by atoms with Crippen LogP contribution in [0.2, 0.25) is 0 Å². The molecule has 2 heterocycles. The first kappa shape index (κ1) is 10.1. The normalized spacial score (nSPS) is 26.6. The van der Waals surface area contributed by atoms with Crippen LogP contribution in [-0.2, 0) is 16.8 Å². The minimum Gasteiger partial charge on any atom is -0.370 e. The monoisotopic (exact) mass is 211 g/mol. The van der Waals surface area contributed by atoms with E-state index in [0.717, 1.165) is 13.0 Å². The lowest BCUT2D eigenvalue weighted by molar-refractivity contribution is -0.0797. The van der Waals surface area contributed by atoms with E-state index in [4.69, 9.17) is 4.74 Å². The van der Waals surface area contributed by atoms with Gasteiger partial charge in [-0.05, 0) is 31.3 Å². The zero-order valence-corrected chi connectivity index (χ0v) is 10.1. The lowest BCUT2D eigenvalue weighted by Gasteiger charge is -2.37. The summed E-state index contributed by atoms with van der Waals surface area (Å²) in [5.74, 6) is 0.497. The molecule has 3 heteroatoms.